The third-order valence-electron chi connectivity index (χ3n) is 2.50. The lowest BCUT2D eigenvalue weighted by atomic mass is 10.0. The van der Waals surface area contributed by atoms with Crippen LogP contribution in [0.1, 0.15) is 23.1 Å². The number of rotatable bonds is 4. The molecule has 2 rings (SSSR count). The highest BCUT2D eigenvalue weighted by molar-refractivity contribution is 6.30. The number of azide groups is 1. The predicted molar refractivity (Wildman–Crippen MR) is 68.3 cm³/mol. The summed E-state index contributed by atoms with van der Waals surface area (Å²) in [5, 5.41) is 8.19. The van der Waals surface area contributed by atoms with E-state index in [2.05, 4.69) is 15.2 Å². The average Bonchev–Trinajstić information content (AvgIpc) is 2.74. The second kappa shape index (κ2) is 5.58. The van der Waals surface area contributed by atoms with Crippen molar-refractivity contribution < 1.29 is 4.52 Å². The summed E-state index contributed by atoms with van der Waals surface area (Å²) in [4.78, 5) is 2.86. The molecule has 6 heteroatoms. The van der Waals surface area contributed by atoms with Gasteiger partial charge in [-0.05, 0) is 30.2 Å². The fourth-order valence-electron chi connectivity index (χ4n) is 1.70. The Bertz CT molecular complexity index is 589. The summed E-state index contributed by atoms with van der Waals surface area (Å²) in [5.41, 5.74) is 10.3. The van der Waals surface area contributed by atoms with Crippen LogP contribution in [-0.2, 0) is 6.42 Å². The molecule has 0 N–H and O–H groups in total. The van der Waals surface area contributed by atoms with Gasteiger partial charge in [-0.2, -0.15) is 0 Å². The summed E-state index contributed by atoms with van der Waals surface area (Å²) < 4.78 is 5.13. The summed E-state index contributed by atoms with van der Waals surface area (Å²) >= 11 is 5.93. The maximum atomic E-state index is 8.63. The Labute approximate surface area is 109 Å². The van der Waals surface area contributed by atoms with Crippen molar-refractivity contribution in [3.8, 4) is 0 Å². The van der Waals surface area contributed by atoms with E-state index in [0.29, 0.717) is 17.2 Å². The Kier molecular flexibility index (Phi) is 3.87. The first-order chi connectivity index (χ1) is 8.69. The number of benzene rings is 1. The molecule has 1 heterocycles. The van der Waals surface area contributed by atoms with Crippen LogP contribution in [0, 0.1) is 6.92 Å². The lowest BCUT2D eigenvalue weighted by molar-refractivity contribution is 0.371. The van der Waals surface area contributed by atoms with E-state index >= 15 is 0 Å². The van der Waals surface area contributed by atoms with Gasteiger partial charge < -0.3 is 4.52 Å². The highest BCUT2D eigenvalue weighted by atomic mass is 35.5. The molecule has 0 bridgehead atoms. The Balaban J connectivity index is 2.26. The molecule has 0 aliphatic carbocycles. The number of hydrogen-bond donors (Lipinski definition) is 0. The molecule has 0 saturated heterocycles. The van der Waals surface area contributed by atoms with Crippen LogP contribution in [0.5, 0.6) is 0 Å². The summed E-state index contributed by atoms with van der Waals surface area (Å²) in [6, 6.07) is 8.73. The van der Waals surface area contributed by atoms with Gasteiger partial charge in [0.05, 0.1) is 11.7 Å². The first-order valence-electron chi connectivity index (χ1n) is 5.41. The zero-order chi connectivity index (χ0) is 13.0. The van der Waals surface area contributed by atoms with E-state index in [9.17, 15) is 0 Å². The van der Waals surface area contributed by atoms with Crippen LogP contribution >= 0.6 is 11.6 Å². The van der Waals surface area contributed by atoms with E-state index in [-0.39, 0.29) is 6.04 Å². The van der Waals surface area contributed by atoms with E-state index in [4.69, 9.17) is 21.7 Å². The predicted octanol–water partition coefficient (Wildman–Crippen LogP) is 4.23. The van der Waals surface area contributed by atoms with E-state index < -0.39 is 0 Å². The molecule has 0 radical (unpaired) electrons. The first kappa shape index (κ1) is 12.5. The summed E-state index contributed by atoms with van der Waals surface area (Å²) in [7, 11) is 0. The molecule has 5 nitrogen and oxygen atoms in total. The Morgan fingerprint density at radius 1 is 1.50 bits per heavy atom. The van der Waals surface area contributed by atoms with Gasteiger partial charge in [-0.25, -0.2) is 0 Å². The van der Waals surface area contributed by atoms with Crippen molar-refractivity contribution in [2.24, 2.45) is 5.11 Å². The molecule has 0 saturated carbocycles. The second-order valence-corrected chi connectivity index (χ2v) is 4.35. The largest absolute Gasteiger partial charge is 0.361 e. The van der Waals surface area contributed by atoms with Crippen molar-refractivity contribution in [3.63, 3.8) is 0 Å². The summed E-state index contributed by atoms with van der Waals surface area (Å²) in [5.74, 6) is 0.685. The molecular formula is C12H11ClN4O. The Morgan fingerprint density at radius 2 is 2.33 bits per heavy atom. The molecule has 0 spiro atoms. The van der Waals surface area contributed by atoms with Gasteiger partial charge in [0, 0.05) is 22.4 Å². The van der Waals surface area contributed by atoms with E-state index in [1.165, 1.54) is 0 Å². The molecule has 2 aromatic rings. The van der Waals surface area contributed by atoms with Crippen molar-refractivity contribution >= 4 is 11.6 Å². The molecule has 0 aliphatic rings. The zero-order valence-electron chi connectivity index (χ0n) is 9.75. The van der Waals surface area contributed by atoms with Crippen molar-refractivity contribution in [3.05, 3.63) is 62.8 Å². The fraction of sp³-hybridized carbons (Fsp3) is 0.250. The third kappa shape index (κ3) is 3.03. The molecule has 1 atom stereocenters. The number of halogens is 1. The third-order valence-corrected chi connectivity index (χ3v) is 2.73. The second-order valence-electron chi connectivity index (χ2n) is 3.91. The normalized spacial score (nSPS) is 11.9. The van der Waals surface area contributed by atoms with Gasteiger partial charge in [0.15, 0.2) is 0 Å². The lowest BCUT2D eigenvalue weighted by Gasteiger charge is -2.09. The van der Waals surface area contributed by atoms with Crippen molar-refractivity contribution in [2.45, 2.75) is 19.4 Å². The molecule has 92 valence electrons. The summed E-state index contributed by atoms with van der Waals surface area (Å²) in [6.45, 7) is 1.84. The molecule has 0 amide bonds. The number of hydrogen-bond acceptors (Lipinski definition) is 3. The minimum absolute atomic E-state index is 0.346. The molecule has 1 aromatic heterocycles. The quantitative estimate of drug-likeness (QED) is 0.470. The van der Waals surface area contributed by atoms with Gasteiger partial charge >= 0.3 is 0 Å². The van der Waals surface area contributed by atoms with E-state index in [1.807, 2.05) is 25.1 Å². The number of aromatic nitrogens is 1. The molecule has 1 unspecified atom stereocenters. The highest BCUT2D eigenvalue weighted by Crippen LogP contribution is 2.25. The van der Waals surface area contributed by atoms with Crippen LogP contribution in [0.15, 0.2) is 40.0 Å². The fourth-order valence-corrected chi connectivity index (χ4v) is 1.90. The van der Waals surface area contributed by atoms with Gasteiger partial charge in [0.1, 0.15) is 5.76 Å². The molecule has 0 fully saturated rings. The monoisotopic (exact) mass is 262 g/mol. The van der Waals surface area contributed by atoms with Crippen LogP contribution in [0.25, 0.3) is 10.4 Å². The lowest BCUT2D eigenvalue weighted by Crippen LogP contribution is -1.98. The smallest absolute Gasteiger partial charge is 0.137 e. The van der Waals surface area contributed by atoms with Crippen molar-refractivity contribution in [1.29, 1.82) is 0 Å². The van der Waals surface area contributed by atoms with Crippen LogP contribution in [0.2, 0.25) is 5.02 Å². The number of aryl methyl sites for hydroxylation is 1. The van der Waals surface area contributed by atoms with Gasteiger partial charge in [0.2, 0.25) is 0 Å². The Hall–Kier alpha value is -1.97. The van der Waals surface area contributed by atoms with Crippen molar-refractivity contribution in [2.75, 3.05) is 0 Å². The number of nitrogens with zero attached hydrogens (tertiary/aromatic N) is 4. The standard InChI is InChI=1S/C12H11ClN4O/c1-8-5-11(18-16-8)7-12(15-17-14)9-3-2-4-10(13)6-9/h2-6,12H,7H2,1H3. The maximum Gasteiger partial charge on any atom is 0.137 e. The zero-order valence-corrected chi connectivity index (χ0v) is 10.5. The maximum absolute atomic E-state index is 8.63. The molecule has 0 aliphatic heterocycles. The molecular weight excluding hydrogens is 252 g/mol. The summed E-state index contributed by atoms with van der Waals surface area (Å²) in [6.07, 6.45) is 0.464. The van der Waals surface area contributed by atoms with Gasteiger partial charge in [-0.3, -0.25) is 0 Å². The molecule has 18 heavy (non-hydrogen) atoms. The van der Waals surface area contributed by atoms with Gasteiger partial charge in [-0.15, -0.1) is 0 Å². The van der Waals surface area contributed by atoms with Gasteiger partial charge in [-0.1, -0.05) is 34.0 Å². The Morgan fingerprint density at radius 3 is 2.94 bits per heavy atom. The minimum atomic E-state index is -0.346. The van der Waals surface area contributed by atoms with Crippen LogP contribution in [0.4, 0.5) is 0 Å². The topological polar surface area (TPSA) is 74.8 Å². The van der Waals surface area contributed by atoms with E-state index in [1.54, 1.807) is 12.1 Å². The van der Waals surface area contributed by atoms with E-state index in [0.717, 1.165) is 11.3 Å². The van der Waals surface area contributed by atoms with Crippen LogP contribution in [-0.4, -0.2) is 5.16 Å². The minimum Gasteiger partial charge on any atom is -0.361 e. The van der Waals surface area contributed by atoms with Crippen molar-refractivity contribution in [1.82, 2.24) is 5.16 Å². The first-order valence-corrected chi connectivity index (χ1v) is 5.78. The highest BCUT2D eigenvalue weighted by Gasteiger charge is 2.13. The van der Waals surface area contributed by atoms with Gasteiger partial charge in [0.25, 0.3) is 0 Å². The molecule has 1 aromatic carbocycles. The SMILES string of the molecule is Cc1cc(CC(N=[N+]=[N-])c2cccc(Cl)c2)on1. The van der Waals surface area contributed by atoms with Crippen LogP contribution in [0.3, 0.4) is 0 Å². The average molecular weight is 263 g/mol. The van der Waals surface area contributed by atoms with Crippen LogP contribution < -0.4 is 0 Å².